The molecule has 2 atom stereocenters. The van der Waals surface area contributed by atoms with Crippen LogP contribution in [0.1, 0.15) is 55.5 Å². The Morgan fingerprint density at radius 1 is 1.21 bits per heavy atom. The van der Waals surface area contributed by atoms with E-state index in [1.807, 2.05) is 65.0 Å². The van der Waals surface area contributed by atoms with E-state index in [4.69, 9.17) is 21.1 Å². The molecule has 2 aromatic rings. The molecule has 2 aromatic carbocycles. The lowest BCUT2D eigenvalue weighted by molar-refractivity contribution is -0.128. The van der Waals surface area contributed by atoms with E-state index in [-0.39, 0.29) is 17.6 Å². The molecule has 0 aromatic heterocycles. The third-order valence-electron chi connectivity index (χ3n) is 5.03. The Morgan fingerprint density at radius 3 is 2.50 bits per heavy atom. The summed E-state index contributed by atoms with van der Waals surface area (Å²) in [4.78, 5) is 12.8. The average Bonchev–Trinajstić information content (AvgIpc) is 2.58. The number of carbonyl (C=O) groups is 1. The molecule has 4 nitrogen and oxygen atoms in total. The molecule has 0 saturated heterocycles. The van der Waals surface area contributed by atoms with Crippen LogP contribution < -0.4 is 14.8 Å². The molecule has 0 saturated carbocycles. The minimum atomic E-state index is -0.625. The van der Waals surface area contributed by atoms with Gasteiger partial charge in [-0.2, -0.15) is 0 Å². The number of rotatable bonds is 4. The summed E-state index contributed by atoms with van der Waals surface area (Å²) in [5.74, 6) is 1.32. The number of amides is 1. The first-order valence-electron chi connectivity index (χ1n) is 9.59. The second kappa shape index (κ2) is 7.67. The molecule has 0 aliphatic carbocycles. The van der Waals surface area contributed by atoms with E-state index in [0.29, 0.717) is 12.2 Å². The van der Waals surface area contributed by atoms with Gasteiger partial charge in [0.15, 0.2) is 6.10 Å². The van der Waals surface area contributed by atoms with Gasteiger partial charge in [0.25, 0.3) is 5.91 Å². The summed E-state index contributed by atoms with van der Waals surface area (Å²) in [6.45, 7) is 11.7. The van der Waals surface area contributed by atoms with Crippen LogP contribution in [-0.2, 0) is 4.79 Å². The average molecular weight is 402 g/mol. The molecule has 0 radical (unpaired) electrons. The highest BCUT2D eigenvalue weighted by Crippen LogP contribution is 2.40. The maximum absolute atomic E-state index is 12.8. The molecule has 1 aliphatic rings. The molecule has 150 valence electrons. The summed E-state index contributed by atoms with van der Waals surface area (Å²) in [5.41, 5.74) is 3.64. The fraction of sp³-hybridized carbons (Fsp3) is 0.435. The van der Waals surface area contributed by atoms with Gasteiger partial charge in [0.2, 0.25) is 0 Å². The molecule has 0 unspecified atom stereocenters. The zero-order chi connectivity index (χ0) is 20.6. The summed E-state index contributed by atoms with van der Waals surface area (Å²) >= 11 is 6.22. The molecule has 1 heterocycles. The fourth-order valence-corrected chi connectivity index (χ4v) is 3.72. The number of hydrogen-bond acceptors (Lipinski definition) is 3. The van der Waals surface area contributed by atoms with Gasteiger partial charge in [-0.15, -0.1) is 0 Å². The summed E-state index contributed by atoms with van der Waals surface area (Å²) in [7, 11) is 0. The maximum atomic E-state index is 12.8. The van der Waals surface area contributed by atoms with Gasteiger partial charge in [-0.05, 0) is 76.4 Å². The third kappa shape index (κ3) is 4.44. The highest BCUT2D eigenvalue weighted by Gasteiger charge is 2.35. The molecule has 0 spiro atoms. The van der Waals surface area contributed by atoms with E-state index in [0.717, 1.165) is 33.0 Å². The van der Waals surface area contributed by atoms with Crippen molar-refractivity contribution in [3.63, 3.8) is 0 Å². The van der Waals surface area contributed by atoms with Gasteiger partial charge >= 0.3 is 0 Å². The van der Waals surface area contributed by atoms with Crippen molar-refractivity contribution in [1.82, 2.24) is 5.32 Å². The molecule has 0 bridgehead atoms. The third-order valence-corrected chi connectivity index (χ3v) is 5.63. The highest BCUT2D eigenvalue weighted by molar-refractivity contribution is 6.32. The van der Waals surface area contributed by atoms with Crippen molar-refractivity contribution >= 4 is 17.5 Å². The molecule has 1 amide bonds. The van der Waals surface area contributed by atoms with E-state index in [1.54, 1.807) is 6.92 Å². The van der Waals surface area contributed by atoms with Crippen LogP contribution in [-0.4, -0.2) is 17.6 Å². The van der Waals surface area contributed by atoms with Crippen molar-refractivity contribution < 1.29 is 14.3 Å². The molecule has 5 heteroatoms. The Hall–Kier alpha value is -2.20. The van der Waals surface area contributed by atoms with E-state index in [9.17, 15) is 4.79 Å². The minimum absolute atomic E-state index is 0.119. The highest BCUT2D eigenvalue weighted by atomic mass is 35.5. The smallest absolute Gasteiger partial charge is 0.261 e. The molecule has 1 aliphatic heterocycles. The lowest BCUT2D eigenvalue weighted by Gasteiger charge is -2.38. The van der Waals surface area contributed by atoms with Gasteiger partial charge in [0.05, 0.1) is 6.04 Å². The largest absolute Gasteiger partial charge is 0.487 e. The number of ether oxygens (including phenoxy) is 2. The van der Waals surface area contributed by atoms with Crippen LogP contribution in [0.3, 0.4) is 0 Å². The summed E-state index contributed by atoms with van der Waals surface area (Å²) < 4.78 is 12.0. The maximum Gasteiger partial charge on any atom is 0.261 e. The molecular weight excluding hydrogens is 374 g/mol. The summed E-state index contributed by atoms with van der Waals surface area (Å²) in [5, 5.41) is 3.86. The first-order valence-corrected chi connectivity index (χ1v) is 9.97. The quantitative estimate of drug-likeness (QED) is 0.740. The Labute approximate surface area is 172 Å². The van der Waals surface area contributed by atoms with Crippen LogP contribution in [0.15, 0.2) is 30.3 Å². The second-order valence-corrected chi connectivity index (χ2v) is 8.68. The zero-order valence-corrected chi connectivity index (χ0v) is 18.1. The van der Waals surface area contributed by atoms with Gasteiger partial charge in [0, 0.05) is 17.0 Å². The van der Waals surface area contributed by atoms with E-state index in [2.05, 4.69) is 5.32 Å². The number of nitrogens with one attached hydrogen (secondary N) is 1. The standard InChI is InChI=1S/C23H28ClNO3/c1-13-7-8-18-19(12-23(5,6)28-20(18)9-13)25-22(26)16(4)27-17-10-14(2)21(24)15(3)11-17/h7-11,16,19H,12H2,1-6H3,(H,25,26)/t16-,19-/m1/s1. The molecule has 1 N–H and O–H groups in total. The second-order valence-electron chi connectivity index (χ2n) is 8.30. The predicted octanol–water partition coefficient (Wildman–Crippen LogP) is 5.45. The molecule has 0 fully saturated rings. The Kier molecular flexibility index (Phi) is 5.62. The van der Waals surface area contributed by atoms with Gasteiger partial charge in [-0.1, -0.05) is 23.7 Å². The summed E-state index contributed by atoms with van der Waals surface area (Å²) in [6, 6.07) is 9.69. The number of hydrogen-bond donors (Lipinski definition) is 1. The Morgan fingerprint density at radius 2 is 1.86 bits per heavy atom. The number of fused-ring (bicyclic) bond motifs is 1. The van der Waals surface area contributed by atoms with E-state index in [1.165, 1.54) is 0 Å². The number of halogens is 1. The van der Waals surface area contributed by atoms with Crippen LogP contribution in [0, 0.1) is 20.8 Å². The fourth-order valence-electron chi connectivity index (χ4n) is 3.61. The van der Waals surface area contributed by atoms with Crippen molar-refractivity contribution in [2.24, 2.45) is 0 Å². The number of benzene rings is 2. The minimum Gasteiger partial charge on any atom is -0.487 e. The predicted molar refractivity (Wildman–Crippen MR) is 112 cm³/mol. The molecular formula is C23H28ClNO3. The first kappa shape index (κ1) is 20.5. The van der Waals surface area contributed by atoms with Crippen LogP contribution in [0.5, 0.6) is 11.5 Å². The van der Waals surface area contributed by atoms with Crippen molar-refractivity contribution in [2.45, 2.75) is 65.7 Å². The van der Waals surface area contributed by atoms with Crippen LogP contribution >= 0.6 is 11.6 Å². The van der Waals surface area contributed by atoms with Crippen molar-refractivity contribution in [3.8, 4) is 11.5 Å². The van der Waals surface area contributed by atoms with Crippen LogP contribution in [0.25, 0.3) is 0 Å². The Bertz CT molecular complexity index is 884. The van der Waals surface area contributed by atoms with Crippen molar-refractivity contribution in [3.05, 3.63) is 57.6 Å². The lowest BCUT2D eigenvalue weighted by Crippen LogP contribution is -2.44. The zero-order valence-electron chi connectivity index (χ0n) is 17.4. The number of aryl methyl sites for hydroxylation is 3. The van der Waals surface area contributed by atoms with Gasteiger partial charge in [-0.25, -0.2) is 0 Å². The number of carbonyl (C=O) groups excluding carboxylic acids is 1. The summed E-state index contributed by atoms with van der Waals surface area (Å²) in [6.07, 6.45) is 0.0700. The molecule has 28 heavy (non-hydrogen) atoms. The SMILES string of the molecule is Cc1ccc2c(c1)OC(C)(C)C[C@H]2NC(=O)[C@@H](C)Oc1cc(C)c(Cl)c(C)c1. The van der Waals surface area contributed by atoms with Crippen molar-refractivity contribution in [2.75, 3.05) is 0 Å². The van der Waals surface area contributed by atoms with Gasteiger partial charge in [0.1, 0.15) is 17.1 Å². The lowest BCUT2D eigenvalue weighted by atomic mass is 9.89. The van der Waals surface area contributed by atoms with Crippen LogP contribution in [0.4, 0.5) is 0 Å². The normalized spacial score (nSPS) is 18.6. The van der Waals surface area contributed by atoms with Crippen LogP contribution in [0.2, 0.25) is 5.02 Å². The van der Waals surface area contributed by atoms with E-state index >= 15 is 0 Å². The van der Waals surface area contributed by atoms with Gasteiger partial charge in [-0.3, -0.25) is 4.79 Å². The topological polar surface area (TPSA) is 47.6 Å². The molecule has 3 rings (SSSR count). The first-order chi connectivity index (χ1) is 13.1. The van der Waals surface area contributed by atoms with Gasteiger partial charge < -0.3 is 14.8 Å². The van der Waals surface area contributed by atoms with E-state index < -0.39 is 6.10 Å². The van der Waals surface area contributed by atoms with Crippen molar-refractivity contribution in [1.29, 1.82) is 0 Å². The monoisotopic (exact) mass is 401 g/mol. The Balaban J connectivity index is 1.75.